The van der Waals surface area contributed by atoms with Crippen molar-refractivity contribution in [2.45, 2.75) is 28.7 Å². The van der Waals surface area contributed by atoms with Crippen molar-refractivity contribution in [2.24, 2.45) is 5.92 Å². The van der Waals surface area contributed by atoms with Crippen molar-refractivity contribution in [3.8, 4) is 0 Å². The minimum Gasteiger partial charge on any atom is -0.368 e. The van der Waals surface area contributed by atoms with E-state index in [2.05, 4.69) is 30.5 Å². The Labute approximate surface area is 195 Å². The van der Waals surface area contributed by atoms with Crippen LogP contribution in [0.1, 0.15) is 12.8 Å². The maximum Gasteiger partial charge on any atom is 0.223 e. The van der Waals surface area contributed by atoms with E-state index in [9.17, 15) is 4.39 Å². The summed E-state index contributed by atoms with van der Waals surface area (Å²) >= 11 is 7.65. The fraction of sp³-hybridized carbons (Fsp3) is 0.318. The number of halogens is 2. The van der Waals surface area contributed by atoms with Gasteiger partial charge in [-0.15, -0.1) is 0 Å². The Morgan fingerprint density at radius 3 is 2.81 bits per heavy atom. The first-order valence-electron chi connectivity index (χ1n) is 10.5. The highest BCUT2D eigenvalue weighted by molar-refractivity contribution is 7.99. The minimum atomic E-state index is -0.418. The quantitative estimate of drug-likeness (QED) is 0.506. The maximum atomic E-state index is 14.8. The molecule has 1 aromatic carbocycles. The van der Waals surface area contributed by atoms with Crippen molar-refractivity contribution in [1.29, 1.82) is 0 Å². The van der Waals surface area contributed by atoms with Crippen molar-refractivity contribution < 1.29 is 4.39 Å². The highest BCUT2D eigenvalue weighted by Crippen LogP contribution is 2.38. The third kappa shape index (κ3) is 4.60. The molecular weight excluding hydrogens is 449 g/mol. The molecule has 2 saturated heterocycles. The van der Waals surface area contributed by atoms with Crippen LogP contribution in [0.3, 0.4) is 0 Å². The third-order valence-corrected chi connectivity index (χ3v) is 7.33. The first kappa shape index (κ1) is 21.2. The first-order chi connectivity index (χ1) is 15.5. The molecule has 0 unspecified atom stereocenters. The molecular formula is C22H23ClFN7S. The fourth-order valence-electron chi connectivity index (χ4n) is 4.31. The second kappa shape index (κ2) is 9.09. The molecule has 0 aliphatic carbocycles. The van der Waals surface area contributed by atoms with Gasteiger partial charge in [-0.1, -0.05) is 23.4 Å². The molecule has 32 heavy (non-hydrogen) atoms. The number of nitrogens with zero attached hydrogens (tertiary/aromatic N) is 4. The predicted molar refractivity (Wildman–Crippen MR) is 126 cm³/mol. The molecule has 0 bridgehead atoms. The summed E-state index contributed by atoms with van der Waals surface area (Å²) in [7, 11) is 0. The van der Waals surface area contributed by atoms with Crippen molar-refractivity contribution in [3.63, 3.8) is 0 Å². The monoisotopic (exact) mass is 471 g/mol. The summed E-state index contributed by atoms with van der Waals surface area (Å²) in [6.07, 6.45) is 5.75. The van der Waals surface area contributed by atoms with E-state index in [1.807, 2.05) is 18.2 Å². The topological polar surface area (TPSA) is 92.0 Å². The Morgan fingerprint density at radius 1 is 1.19 bits per heavy atom. The lowest BCUT2D eigenvalue weighted by molar-refractivity contribution is 0.340. The second-order valence-corrected chi connectivity index (χ2v) is 9.51. The zero-order chi connectivity index (χ0) is 22.1. The SMILES string of the molecule is Nc1nc(Nc2cc(F)c(Sc3ccncc3)c(Cl)c2)cc(N2C[C@H]3CCCN[C@H]3C2)n1. The zero-order valence-electron chi connectivity index (χ0n) is 17.3. The third-order valence-electron chi connectivity index (χ3n) is 5.79. The van der Waals surface area contributed by atoms with Gasteiger partial charge in [-0.3, -0.25) is 4.98 Å². The summed E-state index contributed by atoms with van der Waals surface area (Å²) in [5.74, 6) is 1.64. The Morgan fingerprint density at radius 2 is 2.03 bits per heavy atom. The van der Waals surface area contributed by atoms with Gasteiger partial charge in [0.1, 0.15) is 17.5 Å². The van der Waals surface area contributed by atoms with Gasteiger partial charge >= 0.3 is 0 Å². The fourth-order valence-corrected chi connectivity index (χ4v) is 5.44. The number of piperidine rings is 1. The number of benzene rings is 1. The predicted octanol–water partition coefficient (Wildman–Crippen LogP) is 4.33. The average molecular weight is 472 g/mol. The van der Waals surface area contributed by atoms with E-state index < -0.39 is 5.82 Å². The van der Waals surface area contributed by atoms with Crippen LogP contribution in [-0.2, 0) is 0 Å². The van der Waals surface area contributed by atoms with Crippen LogP contribution in [-0.4, -0.2) is 40.6 Å². The molecule has 2 aliphatic rings. The number of nitrogen functional groups attached to an aromatic ring is 1. The smallest absolute Gasteiger partial charge is 0.223 e. The van der Waals surface area contributed by atoms with E-state index >= 15 is 0 Å². The number of anilines is 4. The van der Waals surface area contributed by atoms with E-state index in [0.717, 1.165) is 30.3 Å². The molecule has 7 nitrogen and oxygen atoms in total. The molecule has 166 valence electrons. The molecule has 0 radical (unpaired) electrons. The molecule has 0 spiro atoms. The Hall–Kier alpha value is -2.62. The molecule has 4 N–H and O–H groups in total. The molecule has 5 rings (SSSR count). The number of hydrogen-bond donors (Lipinski definition) is 3. The number of fused-ring (bicyclic) bond motifs is 1. The number of rotatable bonds is 5. The maximum absolute atomic E-state index is 14.8. The summed E-state index contributed by atoms with van der Waals surface area (Å²) in [6, 6.07) is 9.03. The summed E-state index contributed by atoms with van der Waals surface area (Å²) < 4.78 is 14.8. The van der Waals surface area contributed by atoms with Gasteiger partial charge in [0, 0.05) is 48.2 Å². The van der Waals surface area contributed by atoms with Crippen LogP contribution in [0.4, 0.5) is 27.7 Å². The summed E-state index contributed by atoms with van der Waals surface area (Å²) in [6.45, 7) is 2.90. The number of hydrogen-bond acceptors (Lipinski definition) is 8. The van der Waals surface area contributed by atoms with Crippen LogP contribution in [0.25, 0.3) is 0 Å². The number of aromatic nitrogens is 3. The highest BCUT2D eigenvalue weighted by Gasteiger charge is 2.35. The normalized spacial score (nSPS) is 20.2. The van der Waals surface area contributed by atoms with E-state index in [4.69, 9.17) is 17.3 Å². The molecule has 2 aliphatic heterocycles. The van der Waals surface area contributed by atoms with Gasteiger partial charge in [-0.25, -0.2) is 4.39 Å². The van der Waals surface area contributed by atoms with Gasteiger partial charge in [0.2, 0.25) is 5.95 Å². The van der Waals surface area contributed by atoms with Crippen LogP contribution >= 0.6 is 23.4 Å². The highest BCUT2D eigenvalue weighted by atomic mass is 35.5. The Kier molecular flexibility index (Phi) is 6.03. The van der Waals surface area contributed by atoms with Crippen LogP contribution in [0.2, 0.25) is 5.02 Å². The lowest BCUT2D eigenvalue weighted by atomic mass is 9.94. The summed E-state index contributed by atoms with van der Waals surface area (Å²) in [5.41, 5.74) is 6.48. The van der Waals surface area contributed by atoms with Crippen molar-refractivity contribution in [1.82, 2.24) is 20.3 Å². The molecule has 0 amide bonds. The van der Waals surface area contributed by atoms with Crippen molar-refractivity contribution in [2.75, 3.05) is 35.6 Å². The molecule has 2 fully saturated rings. The summed E-state index contributed by atoms with van der Waals surface area (Å²) in [4.78, 5) is 16.1. The molecule has 2 aromatic heterocycles. The molecule has 10 heteroatoms. The lowest BCUT2D eigenvalue weighted by Gasteiger charge is -2.24. The van der Waals surface area contributed by atoms with Gasteiger partial charge in [0.25, 0.3) is 0 Å². The Balaban J connectivity index is 1.35. The largest absolute Gasteiger partial charge is 0.368 e. The van der Waals surface area contributed by atoms with E-state index in [0.29, 0.717) is 33.4 Å². The first-order valence-corrected chi connectivity index (χ1v) is 11.7. The molecule has 3 aromatic rings. The van der Waals surface area contributed by atoms with Crippen LogP contribution < -0.4 is 21.3 Å². The van der Waals surface area contributed by atoms with Crippen LogP contribution in [0.5, 0.6) is 0 Å². The van der Waals surface area contributed by atoms with Gasteiger partial charge in [0.15, 0.2) is 0 Å². The number of nitrogens with two attached hydrogens (primary N) is 1. The van der Waals surface area contributed by atoms with Crippen molar-refractivity contribution >= 4 is 46.6 Å². The van der Waals surface area contributed by atoms with Crippen molar-refractivity contribution in [3.05, 3.63) is 53.6 Å². The zero-order valence-corrected chi connectivity index (χ0v) is 18.8. The van der Waals surface area contributed by atoms with Crippen LogP contribution in [0, 0.1) is 11.7 Å². The van der Waals surface area contributed by atoms with Crippen LogP contribution in [0.15, 0.2) is 52.5 Å². The van der Waals surface area contributed by atoms with Gasteiger partial charge in [0.05, 0.1) is 9.92 Å². The summed E-state index contributed by atoms with van der Waals surface area (Å²) in [5, 5.41) is 7.03. The van der Waals surface area contributed by atoms with E-state index in [1.54, 1.807) is 18.5 Å². The minimum absolute atomic E-state index is 0.171. The molecule has 0 saturated carbocycles. The van der Waals surface area contributed by atoms with E-state index in [-0.39, 0.29) is 5.95 Å². The number of pyridine rings is 1. The Bertz CT molecular complexity index is 1080. The van der Waals surface area contributed by atoms with Gasteiger partial charge in [-0.2, -0.15) is 9.97 Å². The second-order valence-electron chi connectivity index (χ2n) is 8.02. The van der Waals surface area contributed by atoms with Gasteiger partial charge < -0.3 is 21.3 Å². The standard InChI is InChI=1S/C22H23ClFN7S/c23-16-8-14(9-17(24)21(16)32-15-3-6-26-7-4-15)28-19-10-20(30-22(25)29-19)31-11-13-2-1-5-27-18(13)12-31/h3-4,6-10,13,18,27H,1-2,5,11-12H2,(H3,25,28,29,30)/t13-,18+/m1/s1. The molecule has 4 heterocycles. The number of nitrogens with one attached hydrogen (secondary N) is 2. The van der Waals surface area contributed by atoms with Gasteiger partial charge in [-0.05, 0) is 49.6 Å². The van der Waals surface area contributed by atoms with E-state index in [1.165, 1.54) is 30.7 Å². The lowest BCUT2D eigenvalue weighted by Crippen LogP contribution is -2.40. The molecule has 2 atom stereocenters. The average Bonchev–Trinajstić information content (AvgIpc) is 3.21.